The summed E-state index contributed by atoms with van der Waals surface area (Å²) in [6.07, 6.45) is 4.95. The summed E-state index contributed by atoms with van der Waals surface area (Å²) >= 11 is 0. The van der Waals surface area contributed by atoms with Gasteiger partial charge in [-0.05, 0) is 25.5 Å². The molecule has 3 rings (SSSR count). The third-order valence-corrected chi connectivity index (χ3v) is 6.05. The van der Waals surface area contributed by atoms with Crippen LogP contribution < -0.4 is 5.32 Å². The zero-order valence-corrected chi connectivity index (χ0v) is 15.3. The second-order valence-electron chi connectivity index (χ2n) is 5.85. The van der Waals surface area contributed by atoms with Crippen molar-refractivity contribution >= 4 is 22.4 Å². The molecule has 1 aliphatic rings. The van der Waals surface area contributed by atoms with E-state index in [0.717, 1.165) is 18.4 Å². The monoisotopic (exact) mass is 370 g/mol. The van der Waals surface area contributed by atoms with E-state index in [2.05, 4.69) is 10.4 Å². The van der Waals surface area contributed by atoms with E-state index in [4.69, 9.17) is 0 Å². The molecule has 0 radical (unpaired) electrons. The average Bonchev–Trinajstić information content (AvgIpc) is 3.05. The van der Waals surface area contributed by atoms with Crippen LogP contribution in [0.1, 0.15) is 18.4 Å². The van der Waals surface area contributed by atoms with Crippen LogP contribution in [0.15, 0.2) is 47.6 Å². The van der Waals surface area contributed by atoms with Gasteiger partial charge in [0.15, 0.2) is 0 Å². The van der Waals surface area contributed by atoms with E-state index >= 15 is 0 Å². The van der Waals surface area contributed by atoms with Crippen LogP contribution in [0, 0.1) is 0 Å². The quantitative estimate of drug-likeness (QED) is 0.870. The Hall–Kier alpha value is -1.41. The molecule has 2 heterocycles. The van der Waals surface area contributed by atoms with E-state index in [9.17, 15) is 8.42 Å². The number of halogens is 1. The van der Waals surface area contributed by atoms with Crippen molar-refractivity contribution in [3.63, 3.8) is 0 Å². The average molecular weight is 371 g/mol. The maximum atomic E-state index is 12.8. The minimum atomic E-state index is -3.47. The van der Waals surface area contributed by atoms with Crippen molar-refractivity contribution in [1.82, 2.24) is 19.4 Å². The summed E-state index contributed by atoms with van der Waals surface area (Å²) in [5.41, 5.74) is 1.09. The summed E-state index contributed by atoms with van der Waals surface area (Å²) in [5.74, 6) is 0. The highest BCUT2D eigenvalue weighted by atomic mass is 35.5. The first-order valence-electron chi connectivity index (χ1n) is 7.83. The van der Waals surface area contributed by atoms with Crippen LogP contribution >= 0.6 is 12.4 Å². The normalized spacial score (nSPS) is 19.0. The fourth-order valence-corrected chi connectivity index (χ4v) is 4.36. The molecular weight excluding hydrogens is 348 g/mol. The van der Waals surface area contributed by atoms with E-state index in [-0.39, 0.29) is 23.3 Å². The zero-order valence-electron chi connectivity index (χ0n) is 13.6. The lowest BCUT2D eigenvalue weighted by atomic mass is 10.1. The largest absolute Gasteiger partial charge is 0.316 e. The first kappa shape index (κ1) is 18.9. The molecule has 1 N–H and O–H groups in total. The highest BCUT2D eigenvalue weighted by molar-refractivity contribution is 7.89. The molecule has 132 valence electrons. The number of aromatic nitrogens is 2. The molecule has 24 heavy (non-hydrogen) atoms. The van der Waals surface area contributed by atoms with Gasteiger partial charge in [-0.1, -0.05) is 30.3 Å². The van der Waals surface area contributed by atoms with Crippen molar-refractivity contribution in [3.05, 3.63) is 48.3 Å². The van der Waals surface area contributed by atoms with Crippen molar-refractivity contribution in [1.29, 1.82) is 0 Å². The van der Waals surface area contributed by atoms with Crippen molar-refractivity contribution in [3.8, 4) is 0 Å². The molecular formula is C16H23ClN4O2S. The summed E-state index contributed by atoms with van der Waals surface area (Å²) in [5, 5.41) is 7.38. The maximum Gasteiger partial charge on any atom is 0.246 e. The highest BCUT2D eigenvalue weighted by Crippen LogP contribution is 2.20. The number of rotatable bonds is 5. The van der Waals surface area contributed by atoms with Gasteiger partial charge < -0.3 is 5.32 Å². The van der Waals surface area contributed by atoms with Gasteiger partial charge in [0.05, 0.1) is 12.7 Å². The zero-order chi connectivity index (χ0) is 16.3. The summed E-state index contributed by atoms with van der Waals surface area (Å²) < 4.78 is 28.7. The molecule has 1 unspecified atom stereocenters. The third-order valence-electron chi connectivity index (χ3n) is 4.23. The summed E-state index contributed by atoms with van der Waals surface area (Å²) in [4.78, 5) is 0.269. The lowest BCUT2D eigenvalue weighted by molar-refractivity contribution is 0.293. The van der Waals surface area contributed by atoms with Gasteiger partial charge in [-0.15, -0.1) is 12.4 Å². The molecule has 0 saturated carbocycles. The smallest absolute Gasteiger partial charge is 0.246 e. The number of piperidine rings is 1. The number of likely N-dealkylation sites (N-methyl/N-ethyl adjacent to an activating group) is 1. The number of nitrogens with one attached hydrogen (secondary N) is 1. The first-order valence-corrected chi connectivity index (χ1v) is 9.27. The number of hydrogen-bond acceptors (Lipinski definition) is 4. The minimum absolute atomic E-state index is 0. The Morgan fingerprint density at radius 3 is 2.75 bits per heavy atom. The SMILES string of the molecule is CNC1CCCN(S(=O)(=O)c2cnn(Cc3ccccc3)c2)C1.Cl. The Labute approximate surface area is 149 Å². The van der Waals surface area contributed by atoms with Crippen LogP contribution in [0.5, 0.6) is 0 Å². The van der Waals surface area contributed by atoms with Gasteiger partial charge >= 0.3 is 0 Å². The topological polar surface area (TPSA) is 67.2 Å². The lowest BCUT2D eigenvalue weighted by Gasteiger charge is -2.31. The van der Waals surface area contributed by atoms with Gasteiger partial charge in [0.2, 0.25) is 10.0 Å². The van der Waals surface area contributed by atoms with Crippen LogP contribution in [0.3, 0.4) is 0 Å². The van der Waals surface area contributed by atoms with Gasteiger partial charge in [-0.25, -0.2) is 8.42 Å². The molecule has 1 atom stereocenters. The molecule has 8 heteroatoms. The fraction of sp³-hybridized carbons (Fsp3) is 0.438. The van der Waals surface area contributed by atoms with Crippen LogP contribution in [-0.2, 0) is 16.6 Å². The Morgan fingerprint density at radius 2 is 2.04 bits per heavy atom. The third kappa shape index (κ3) is 4.16. The van der Waals surface area contributed by atoms with E-state index < -0.39 is 10.0 Å². The molecule has 1 fully saturated rings. The predicted octanol–water partition coefficient (Wildman–Crippen LogP) is 1.73. The van der Waals surface area contributed by atoms with Crippen molar-refractivity contribution in [2.75, 3.05) is 20.1 Å². The van der Waals surface area contributed by atoms with Gasteiger partial charge in [-0.3, -0.25) is 4.68 Å². The second kappa shape index (κ2) is 8.11. The van der Waals surface area contributed by atoms with Crippen LogP contribution in [-0.4, -0.2) is 48.7 Å². The maximum absolute atomic E-state index is 12.8. The van der Waals surface area contributed by atoms with Crippen LogP contribution in [0.4, 0.5) is 0 Å². The molecule has 2 aromatic rings. The molecule has 0 bridgehead atoms. The molecule has 1 saturated heterocycles. The second-order valence-corrected chi connectivity index (χ2v) is 7.79. The van der Waals surface area contributed by atoms with Crippen molar-refractivity contribution in [2.24, 2.45) is 0 Å². The summed E-state index contributed by atoms with van der Waals surface area (Å²) in [7, 11) is -1.59. The number of nitrogens with zero attached hydrogens (tertiary/aromatic N) is 3. The number of sulfonamides is 1. The summed E-state index contributed by atoms with van der Waals surface area (Å²) in [6, 6.07) is 10.1. The molecule has 1 aliphatic heterocycles. The number of benzene rings is 1. The molecule has 0 amide bonds. The van der Waals surface area contributed by atoms with E-state index in [1.807, 2.05) is 37.4 Å². The summed E-state index contributed by atoms with van der Waals surface area (Å²) in [6.45, 7) is 1.66. The van der Waals surface area contributed by atoms with E-state index in [0.29, 0.717) is 19.6 Å². The van der Waals surface area contributed by atoms with E-state index in [1.54, 1.807) is 15.2 Å². The Morgan fingerprint density at radius 1 is 1.29 bits per heavy atom. The van der Waals surface area contributed by atoms with Gasteiger partial charge in [-0.2, -0.15) is 9.40 Å². The Kier molecular flexibility index (Phi) is 6.40. The molecule has 0 aliphatic carbocycles. The van der Waals surface area contributed by atoms with Crippen LogP contribution in [0.25, 0.3) is 0 Å². The lowest BCUT2D eigenvalue weighted by Crippen LogP contribution is -2.46. The van der Waals surface area contributed by atoms with Crippen molar-refractivity contribution in [2.45, 2.75) is 30.3 Å². The van der Waals surface area contributed by atoms with Gasteiger partial charge in [0.25, 0.3) is 0 Å². The molecule has 6 nitrogen and oxygen atoms in total. The minimum Gasteiger partial charge on any atom is -0.316 e. The van der Waals surface area contributed by atoms with E-state index in [1.165, 1.54) is 6.20 Å². The standard InChI is InChI=1S/C16H22N4O2S.ClH/c1-17-15-8-5-9-20(12-15)23(21,22)16-10-18-19(13-16)11-14-6-3-2-4-7-14;/h2-4,6-7,10,13,15,17H,5,8-9,11-12H2,1H3;1H. The molecule has 1 aromatic carbocycles. The van der Waals surface area contributed by atoms with Gasteiger partial charge in [0.1, 0.15) is 4.90 Å². The predicted molar refractivity (Wildman–Crippen MR) is 95.9 cm³/mol. The highest BCUT2D eigenvalue weighted by Gasteiger charge is 2.30. The van der Waals surface area contributed by atoms with Crippen LogP contribution in [0.2, 0.25) is 0 Å². The Bertz CT molecular complexity index is 748. The van der Waals surface area contributed by atoms with Gasteiger partial charge in [0, 0.05) is 25.3 Å². The number of hydrogen-bond donors (Lipinski definition) is 1. The van der Waals surface area contributed by atoms with Crippen molar-refractivity contribution < 1.29 is 8.42 Å². The molecule has 1 aromatic heterocycles. The molecule has 0 spiro atoms. The Balaban J connectivity index is 0.00000208. The first-order chi connectivity index (χ1) is 11.1. The fourth-order valence-electron chi connectivity index (χ4n) is 2.88.